The Balaban J connectivity index is 1.68. The normalized spacial score (nSPS) is 50.6. The van der Waals surface area contributed by atoms with E-state index in [-0.39, 0.29) is 5.16 Å². The van der Waals surface area contributed by atoms with Crippen molar-refractivity contribution in [2.45, 2.75) is 56.5 Å². The molecule has 102 valence electrons. The lowest BCUT2D eigenvalue weighted by molar-refractivity contribution is 0.0314. The Bertz CT molecular complexity index is 369. The highest BCUT2D eigenvalue weighted by atomic mass is 35.7. The van der Waals surface area contributed by atoms with Gasteiger partial charge in [-0.1, -0.05) is 0 Å². The number of nitrogens with zero attached hydrogens (tertiary/aromatic N) is 1. The zero-order valence-electron chi connectivity index (χ0n) is 11.0. The van der Waals surface area contributed by atoms with E-state index in [0.717, 1.165) is 50.1 Å². The summed E-state index contributed by atoms with van der Waals surface area (Å²) in [6.45, 7) is -0.685. The Labute approximate surface area is 115 Å². The summed E-state index contributed by atoms with van der Waals surface area (Å²) in [5, 5.41) is 0.00758. The van der Waals surface area contributed by atoms with Crippen LogP contribution in [0.4, 0.5) is 0 Å². The van der Waals surface area contributed by atoms with Crippen molar-refractivity contribution in [3.63, 3.8) is 0 Å². The highest BCUT2D eigenvalue weighted by Crippen LogP contribution is 2.76. The summed E-state index contributed by atoms with van der Waals surface area (Å²) < 4.78 is 15.5. The van der Waals surface area contributed by atoms with Crippen LogP contribution in [0, 0.1) is 17.8 Å². The summed E-state index contributed by atoms with van der Waals surface area (Å²) in [6.07, 6.45) is 10.1. The Morgan fingerprint density at radius 3 is 1.83 bits per heavy atom. The van der Waals surface area contributed by atoms with Gasteiger partial charge in [0.2, 0.25) is 6.65 Å². The second-order valence-corrected chi connectivity index (χ2v) is 11.2. The second kappa shape index (κ2) is 3.99. The van der Waals surface area contributed by atoms with Crippen LogP contribution in [0.2, 0.25) is 0 Å². The van der Waals surface area contributed by atoms with E-state index in [1.165, 1.54) is 32.1 Å². The van der Waals surface area contributed by atoms with E-state index in [1.807, 2.05) is 0 Å². The molecule has 2 nitrogen and oxygen atoms in total. The van der Waals surface area contributed by atoms with Crippen LogP contribution < -0.4 is 0 Å². The average Bonchev–Trinajstić information content (AvgIpc) is 2.80. The van der Waals surface area contributed by atoms with Crippen molar-refractivity contribution >= 4 is 17.9 Å². The molecule has 5 fully saturated rings. The van der Waals surface area contributed by atoms with Crippen LogP contribution in [0.5, 0.6) is 0 Å². The third-order valence-electron chi connectivity index (χ3n) is 6.04. The molecule has 0 aromatic rings. The summed E-state index contributed by atoms with van der Waals surface area (Å²) in [5.41, 5.74) is 0. The van der Waals surface area contributed by atoms with E-state index in [2.05, 4.69) is 4.67 Å². The third kappa shape index (κ3) is 1.61. The monoisotopic (exact) mass is 287 g/mol. The van der Waals surface area contributed by atoms with Crippen molar-refractivity contribution in [1.82, 2.24) is 4.67 Å². The molecule has 1 unspecified atom stereocenters. The minimum atomic E-state index is -2.63. The molecule has 4 aliphatic carbocycles. The summed E-state index contributed by atoms with van der Waals surface area (Å²) in [6, 6.07) is 0. The van der Waals surface area contributed by atoms with Gasteiger partial charge in [-0.2, -0.15) is 0 Å². The maximum Gasteiger partial charge on any atom is 0.240 e. The van der Waals surface area contributed by atoms with Gasteiger partial charge in [0.15, 0.2) is 0 Å². The van der Waals surface area contributed by atoms with Gasteiger partial charge in [0, 0.05) is 13.1 Å². The van der Waals surface area contributed by atoms with E-state index >= 15 is 0 Å². The van der Waals surface area contributed by atoms with Crippen LogP contribution in [-0.2, 0) is 4.57 Å². The lowest BCUT2D eigenvalue weighted by Crippen LogP contribution is -2.51. The standard InChI is InChI=1S/C14H23ClNOP/c15-18(17,16-3-1-2-4-16)14-8-11-5-12(9-14)7-13(6-11)10-14/h11-13H,1-10H2. The van der Waals surface area contributed by atoms with E-state index in [0.29, 0.717) is 0 Å². The van der Waals surface area contributed by atoms with Gasteiger partial charge in [-0.25, -0.2) is 4.67 Å². The molecule has 4 saturated carbocycles. The van der Waals surface area contributed by atoms with Crippen molar-refractivity contribution in [2.75, 3.05) is 13.1 Å². The van der Waals surface area contributed by atoms with E-state index in [1.54, 1.807) is 0 Å². The maximum absolute atomic E-state index is 13.4. The lowest BCUT2D eigenvalue weighted by atomic mass is 9.56. The van der Waals surface area contributed by atoms with Crippen LogP contribution >= 0.6 is 17.9 Å². The quantitative estimate of drug-likeness (QED) is 0.698. The topological polar surface area (TPSA) is 20.3 Å². The molecule has 0 aromatic carbocycles. The lowest BCUT2D eigenvalue weighted by Gasteiger charge is -2.58. The van der Waals surface area contributed by atoms with Crippen LogP contribution in [0.3, 0.4) is 0 Å². The zero-order chi connectivity index (χ0) is 12.4. The molecule has 4 heteroatoms. The smallest absolute Gasteiger partial charge is 0.240 e. The second-order valence-electron chi connectivity index (χ2n) is 7.30. The summed E-state index contributed by atoms with van der Waals surface area (Å²) in [4.78, 5) is 0. The molecule has 0 N–H and O–H groups in total. The van der Waals surface area contributed by atoms with Gasteiger partial charge < -0.3 is 0 Å². The Morgan fingerprint density at radius 2 is 1.39 bits per heavy atom. The van der Waals surface area contributed by atoms with Crippen LogP contribution in [0.1, 0.15) is 51.4 Å². The fourth-order valence-electron chi connectivity index (χ4n) is 5.66. The number of hydrogen-bond donors (Lipinski definition) is 0. The Kier molecular flexibility index (Phi) is 2.71. The minimum Gasteiger partial charge on any atom is -0.288 e. The summed E-state index contributed by atoms with van der Waals surface area (Å²) >= 11 is 6.74. The molecule has 0 aromatic heterocycles. The zero-order valence-corrected chi connectivity index (χ0v) is 12.6. The predicted octanol–water partition coefficient (Wildman–Crippen LogP) is 4.48. The highest BCUT2D eigenvalue weighted by molar-refractivity contribution is 7.88. The molecule has 18 heavy (non-hydrogen) atoms. The van der Waals surface area contributed by atoms with E-state index in [9.17, 15) is 4.57 Å². The summed E-state index contributed by atoms with van der Waals surface area (Å²) in [5.74, 6) is 2.52. The largest absolute Gasteiger partial charge is 0.288 e. The first-order chi connectivity index (χ1) is 8.59. The molecule has 4 bridgehead atoms. The fraction of sp³-hybridized carbons (Fsp3) is 1.00. The average molecular weight is 288 g/mol. The van der Waals surface area contributed by atoms with Crippen molar-refractivity contribution in [1.29, 1.82) is 0 Å². The van der Waals surface area contributed by atoms with Gasteiger partial charge in [0.05, 0.1) is 5.16 Å². The van der Waals surface area contributed by atoms with E-state index in [4.69, 9.17) is 11.2 Å². The molecule has 5 rings (SSSR count). The number of halogens is 1. The van der Waals surface area contributed by atoms with Gasteiger partial charge in [0.25, 0.3) is 0 Å². The van der Waals surface area contributed by atoms with Gasteiger partial charge in [-0.3, -0.25) is 4.57 Å². The SMILES string of the molecule is O=P(Cl)(N1CCCC1)C12CC3CC(CC(C3)C1)C2. The molecule has 1 aliphatic heterocycles. The third-order valence-corrected chi connectivity index (χ3v) is 10.6. The molecule has 1 heterocycles. The number of hydrogen-bond acceptors (Lipinski definition) is 1. The molecule has 1 atom stereocenters. The van der Waals surface area contributed by atoms with E-state index < -0.39 is 6.65 Å². The summed E-state index contributed by atoms with van der Waals surface area (Å²) in [7, 11) is 0. The van der Waals surface area contributed by atoms with Crippen molar-refractivity contribution in [2.24, 2.45) is 17.8 Å². The molecule has 0 radical (unpaired) electrons. The molecule has 5 aliphatic rings. The fourth-order valence-corrected chi connectivity index (χ4v) is 9.58. The molecular weight excluding hydrogens is 265 g/mol. The van der Waals surface area contributed by atoms with Gasteiger partial charge in [-0.05, 0) is 80.4 Å². The van der Waals surface area contributed by atoms with Gasteiger partial charge in [-0.15, -0.1) is 0 Å². The van der Waals surface area contributed by atoms with Crippen molar-refractivity contribution in [3.05, 3.63) is 0 Å². The van der Waals surface area contributed by atoms with Crippen molar-refractivity contribution in [3.8, 4) is 0 Å². The molecule has 0 amide bonds. The Hall–Kier alpha value is 0.480. The molecule has 0 spiro atoms. The first-order valence-corrected chi connectivity index (χ1v) is 10.2. The Morgan fingerprint density at radius 1 is 0.944 bits per heavy atom. The van der Waals surface area contributed by atoms with Crippen LogP contribution in [0.25, 0.3) is 0 Å². The molecule has 1 saturated heterocycles. The van der Waals surface area contributed by atoms with Crippen LogP contribution in [-0.4, -0.2) is 22.9 Å². The van der Waals surface area contributed by atoms with Gasteiger partial charge in [0.1, 0.15) is 0 Å². The maximum atomic E-state index is 13.4. The van der Waals surface area contributed by atoms with Crippen molar-refractivity contribution < 1.29 is 4.57 Å². The highest BCUT2D eigenvalue weighted by Gasteiger charge is 2.60. The van der Waals surface area contributed by atoms with Crippen LogP contribution in [0.15, 0.2) is 0 Å². The first-order valence-electron chi connectivity index (χ1n) is 7.64. The molecular formula is C14H23ClNOP. The minimum absolute atomic E-state index is 0.00758. The predicted molar refractivity (Wildman–Crippen MR) is 75.2 cm³/mol. The van der Waals surface area contributed by atoms with Gasteiger partial charge >= 0.3 is 0 Å². The number of rotatable bonds is 2. The first kappa shape index (κ1) is 12.2.